The van der Waals surface area contributed by atoms with Gasteiger partial charge in [0.2, 0.25) is 5.91 Å². The first-order valence-electron chi connectivity index (χ1n) is 6.17. The zero-order valence-electron chi connectivity index (χ0n) is 11.8. The van der Waals surface area contributed by atoms with Crippen LogP contribution in [0.2, 0.25) is 0 Å². The largest absolute Gasteiger partial charge is 0.347 e. The molecule has 0 saturated heterocycles. The fourth-order valence-corrected chi connectivity index (χ4v) is 2.24. The van der Waals surface area contributed by atoms with Gasteiger partial charge in [0.1, 0.15) is 5.01 Å². The van der Waals surface area contributed by atoms with Crippen LogP contribution in [-0.4, -0.2) is 16.9 Å². The van der Waals surface area contributed by atoms with Gasteiger partial charge in [-0.05, 0) is 19.3 Å². The number of nitrogens with zero attached hydrogens (tertiary/aromatic N) is 1. The number of amides is 1. The molecule has 5 heteroatoms. The minimum absolute atomic E-state index is 0.0159. The molecular weight excluding hydrogens is 246 g/mol. The number of rotatable bonds is 4. The van der Waals surface area contributed by atoms with Crippen LogP contribution in [-0.2, 0) is 4.79 Å². The van der Waals surface area contributed by atoms with Crippen molar-refractivity contribution in [1.29, 1.82) is 0 Å². The van der Waals surface area contributed by atoms with E-state index in [1.165, 1.54) is 0 Å². The lowest BCUT2D eigenvalue weighted by atomic mass is 9.85. The molecule has 0 radical (unpaired) electrons. The van der Waals surface area contributed by atoms with Crippen LogP contribution in [0.1, 0.15) is 50.9 Å². The van der Waals surface area contributed by atoms with Crippen LogP contribution in [0.5, 0.6) is 0 Å². The molecule has 0 bridgehead atoms. The summed E-state index contributed by atoms with van der Waals surface area (Å²) in [5.74, 6) is -0.0159. The van der Waals surface area contributed by atoms with Gasteiger partial charge in [-0.2, -0.15) is 0 Å². The number of hydrogen-bond acceptors (Lipinski definition) is 4. The predicted octanol–water partition coefficient (Wildman–Crippen LogP) is 2.39. The third-order valence-corrected chi connectivity index (χ3v) is 4.05. The number of nitrogens with one attached hydrogen (secondary N) is 1. The summed E-state index contributed by atoms with van der Waals surface area (Å²) in [4.78, 5) is 16.2. The second kappa shape index (κ2) is 5.80. The van der Waals surface area contributed by atoms with Gasteiger partial charge in [-0.3, -0.25) is 4.79 Å². The Morgan fingerprint density at radius 2 is 2.17 bits per heavy atom. The van der Waals surface area contributed by atoms with Crippen molar-refractivity contribution >= 4 is 17.2 Å². The van der Waals surface area contributed by atoms with Crippen LogP contribution in [0.15, 0.2) is 5.38 Å². The predicted molar refractivity (Wildman–Crippen MR) is 75.5 cm³/mol. The third kappa shape index (κ3) is 4.38. The van der Waals surface area contributed by atoms with Gasteiger partial charge in [0, 0.05) is 23.5 Å². The quantitative estimate of drug-likeness (QED) is 0.882. The van der Waals surface area contributed by atoms with Crippen molar-refractivity contribution in [3.63, 3.8) is 0 Å². The van der Waals surface area contributed by atoms with Crippen LogP contribution < -0.4 is 11.1 Å². The molecule has 0 aliphatic heterocycles. The number of aryl methyl sites for hydroxylation is 1. The molecule has 1 aromatic rings. The number of carbonyl (C=O) groups is 1. The smallest absolute Gasteiger partial charge is 0.222 e. The highest BCUT2D eigenvalue weighted by atomic mass is 32.1. The van der Waals surface area contributed by atoms with Gasteiger partial charge in [-0.25, -0.2) is 4.98 Å². The fraction of sp³-hybridized carbons (Fsp3) is 0.692. The van der Waals surface area contributed by atoms with Crippen LogP contribution in [0.25, 0.3) is 0 Å². The number of hydrogen-bond donors (Lipinski definition) is 2. The highest BCUT2D eigenvalue weighted by Crippen LogP contribution is 2.21. The number of thiazole rings is 1. The summed E-state index contributed by atoms with van der Waals surface area (Å²) >= 11 is 1.57. The molecular formula is C13H23N3OS. The SMILES string of the molecule is Cc1csc(C(C)NC(=O)CC(N)C(C)(C)C)n1. The van der Waals surface area contributed by atoms with Crippen molar-refractivity contribution in [2.45, 2.75) is 53.1 Å². The zero-order chi connectivity index (χ0) is 13.9. The molecule has 4 nitrogen and oxygen atoms in total. The number of carbonyl (C=O) groups excluding carboxylic acids is 1. The Hall–Kier alpha value is -0.940. The highest BCUT2D eigenvalue weighted by molar-refractivity contribution is 7.09. The summed E-state index contributed by atoms with van der Waals surface area (Å²) in [7, 11) is 0. The van der Waals surface area contributed by atoms with E-state index in [0.29, 0.717) is 6.42 Å². The van der Waals surface area contributed by atoms with E-state index in [4.69, 9.17) is 5.73 Å². The first-order valence-corrected chi connectivity index (χ1v) is 7.05. The molecule has 3 N–H and O–H groups in total. The molecule has 0 saturated carbocycles. The molecule has 102 valence electrons. The lowest BCUT2D eigenvalue weighted by Gasteiger charge is -2.26. The van der Waals surface area contributed by atoms with Crippen LogP contribution in [0.3, 0.4) is 0 Å². The normalized spacial score (nSPS) is 15.2. The van der Waals surface area contributed by atoms with E-state index < -0.39 is 0 Å². The minimum Gasteiger partial charge on any atom is -0.347 e. The summed E-state index contributed by atoms with van der Waals surface area (Å²) < 4.78 is 0. The zero-order valence-corrected chi connectivity index (χ0v) is 12.6. The minimum atomic E-state index is -0.136. The Labute approximate surface area is 113 Å². The average Bonchev–Trinajstić information content (AvgIpc) is 2.63. The van der Waals surface area contributed by atoms with Gasteiger partial charge >= 0.3 is 0 Å². The first-order chi connectivity index (χ1) is 8.20. The monoisotopic (exact) mass is 269 g/mol. The lowest BCUT2D eigenvalue weighted by Crippen LogP contribution is -2.40. The van der Waals surface area contributed by atoms with E-state index in [0.717, 1.165) is 10.7 Å². The van der Waals surface area contributed by atoms with Crippen molar-refractivity contribution in [3.8, 4) is 0 Å². The Morgan fingerprint density at radius 3 is 2.61 bits per heavy atom. The Bertz CT molecular complexity index is 409. The molecule has 1 aromatic heterocycles. The van der Waals surface area contributed by atoms with Gasteiger partial charge in [-0.15, -0.1) is 11.3 Å². The van der Waals surface area contributed by atoms with Crippen molar-refractivity contribution in [2.24, 2.45) is 11.1 Å². The number of nitrogens with two attached hydrogens (primary N) is 1. The molecule has 0 fully saturated rings. The van der Waals surface area contributed by atoms with Crippen molar-refractivity contribution in [1.82, 2.24) is 10.3 Å². The van der Waals surface area contributed by atoms with Gasteiger partial charge in [0.05, 0.1) is 6.04 Å². The van der Waals surface area contributed by atoms with Gasteiger partial charge in [-0.1, -0.05) is 20.8 Å². The molecule has 0 aliphatic carbocycles. The summed E-state index contributed by atoms with van der Waals surface area (Å²) in [6, 6.07) is -0.189. The fourth-order valence-electron chi connectivity index (χ4n) is 1.44. The second-order valence-corrected chi connectivity index (χ2v) is 6.68. The maximum atomic E-state index is 11.9. The van der Waals surface area contributed by atoms with Gasteiger partial charge in [0.25, 0.3) is 0 Å². The summed E-state index contributed by atoms with van der Waals surface area (Å²) in [5.41, 5.74) is 6.93. The Morgan fingerprint density at radius 1 is 1.56 bits per heavy atom. The van der Waals surface area contributed by atoms with Crippen LogP contribution >= 0.6 is 11.3 Å². The van der Waals surface area contributed by atoms with Crippen LogP contribution in [0.4, 0.5) is 0 Å². The molecule has 2 atom stereocenters. The lowest BCUT2D eigenvalue weighted by molar-refractivity contribution is -0.122. The summed E-state index contributed by atoms with van der Waals surface area (Å²) in [6.07, 6.45) is 0.345. The highest BCUT2D eigenvalue weighted by Gasteiger charge is 2.24. The molecule has 2 unspecified atom stereocenters. The van der Waals surface area contributed by atoms with Crippen molar-refractivity contribution < 1.29 is 4.79 Å². The Balaban J connectivity index is 2.50. The van der Waals surface area contributed by atoms with Crippen molar-refractivity contribution in [3.05, 3.63) is 16.1 Å². The topological polar surface area (TPSA) is 68.0 Å². The average molecular weight is 269 g/mol. The first kappa shape index (κ1) is 15.1. The number of aromatic nitrogens is 1. The molecule has 0 aliphatic rings. The standard InChI is InChI=1S/C13H23N3OS/c1-8-7-18-12(15-8)9(2)16-11(17)6-10(14)13(3,4)5/h7,9-10H,6,14H2,1-5H3,(H,16,17). The Kier molecular flexibility index (Phi) is 4.87. The third-order valence-electron chi connectivity index (χ3n) is 2.90. The molecule has 1 heterocycles. The van der Waals surface area contributed by atoms with E-state index in [-0.39, 0.29) is 23.4 Å². The van der Waals surface area contributed by atoms with E-state index in [1.54, 1.807) is 11.3 Å². The maximum absolute atomic E-state index is 11.9. The van der Waals surface area contributed by atoms with E-state index >= 15 is 0 Å². The molecule has 1 amide bonds. The maximum Gasteiger partial charge on any atom is 0.222 e. The second-order valence-electron chi connectivity index (χ2n) is 5.79. The van der Waals surface area contributed by atoms with E-state index in [2.05, 4.69) is 10.3 Å². The molecule has 0 spiro atoms. The summed E-state index contributed by atoms with van der Waals surface area (Å²) in [5, 5.41) is 5.86. The molecule has 1 rings (SSSR count). The summed E-state index contributed by atoms with van der Waals surface area (Å²) in [6.45, 7) is 10.0. The van der Waals surface area contributed by atoms with Crippen LogP contribution in [0, 0.1) is 12.3 Å². The van der Waals surface area contributed by atoms with Gasteiger partial charge < -0.3 is 11.1 Å². The molecule has 0 aromatic carbocycles. The van der Waals surface area contributed by atoms with E-state index in [1.807, 2.05) is 40.0 Å². The van der Waals surface area contributed by atoms with Gasteiger partial charge in [0.15, 0.2) is 0 Å². The van der Waals surface area contributed by atoms with Crippen molar-refractivity contribution in [2.75, 3.05) is 0 Å². The molecule has 18 heavy (non-hydrogen) atoms. The van der Waals surface area contributed by atoms with E-state index in [9.17, 15) is 4.79 Å².